The third-order valence-corrected chi connectivity index (χ3v) is 11.1. The van der Waals surface area contributed by atoms with Crippen LogP contribution in [0.4, 0.5) is 0 Å². The summed E-state index contributed by atoms with van der Waals surface area (Å²) in [6.07, 6.45) is 12.0. The Morgan fingerprint density at radius 3 is 2.50 bits per heavy atom. The van der Waals surface area contributed by atoms with Crippen LogP contribution < -0.4 is 0 Å². The number of hydrogen-bond donors (Lipinski definition) is 1. The van der Waals surface area contributed by atoms with Crippen LogP contribution in [-0.2, 0) is 4.79 Å². The van der Waals surface area contributed by atoms with E-state index in [9.17, 15) is 9.90 Å². The van der Waals surface area contributed by atoms with Crippen molar-refractivity contribution in [2.45, 2.75) is 98.0 Å². The molecule has 168 valence electrons. The highest BCUT2D eigenvalue weighted by Crippen LogP contribution is 2.68. The number of fused-ring (bicyclic) bond motifs is 5. The van der Waals surface area contributed by atoms with Gasteiger partial charge in [-0.1, -0.05) is 27.7 Å². The molecule has 4 fully saturated rings. The lowest BCUT2D eigenvalue weighted by Crippen LogP contribution is -2.54. The van der Waals surface area contributed by atoms with Crippen molar-refractivity contribution in [3.63, 3.8) is 0 Å². The number of Topliss-reactive ketones (excluding diaryl/α,β-unsaturated/α-hetero) is 1. The third-order valence-electron chi connectivity index (χ3n) is 11.1. The number of ketones is 1. The number of aliphatic hydroxyl groups excluding tert-OH is 1. The first-order valence-corrected chi connectivity index (χ1v) is 13.0. The minimum Gasteiger partial charge on any atom is -0.393 e. The van der Waals surface area contributed by atoms with Gasteiger partial charge >= 0.3 is 0 Å². The van der Waals surface area contributed by atoms with Crippen molar-refractivity contribution in [2.75, 3.05) is 6.54 Å². The smallest absolute Gasteiger partial charge is 0.179 e. The Hall–Kier alpha value is -0.700. The second kappa shape index (κ2) is 7.42. The number of carbonyl (C=O) groups is 1. The molecule has 10 atom stereocenters. The average molecular weight is 414 g/mol. The molecule has 5 rings (SSSR count). The van der Waals surface area contributed by atoms with Crippen LogP contribution in [0.2, 0.25) is 0 Å². The molecule has 0 spiro atoms. The van der Waals surface area contributed by atoms with E-state index in [0.717, 1.165) is 55.2 Å². The summed E-state index contributed by atoms with van der Waals surface area (Å²) in [5.41, 5.74) is 1.67. The maximum absolute atomic E-state index is 13.3. The van der Waals surface area contributed by atoms with E-state index in [0.29, 0.717) is 28.4 Å². The van der Waals surface area contributed by atoms with Crippen LogP contribution in [-0.4, -0.2) is 29.3 Å². The summed E-state index contributed by atoms with van der Waals surface area (Å²) in [6.45, 7) is 10.4. The lowest BCUT2D eigenvalue weighted by molar-refractivity contribution is -0.133. The number of rotatable bonds is 3. The Labute approximate surface area is 183 Å². The quantitative estimate of drug-likeness (QED) is 0.646. The second-order valence-corrected chi connectivity index (χ2v) is 12.6. The summed E-state index contributed by atoms with van der Waals surface area (Å²) in [6, 6.07) is 0. The number of nitrogens with zero attached hydrogens (tertiary/aromatic N) is 1. The summed E-state index contributed by atoms with van der Waals surface area (Å²) in [4.78, 5) is 17.9. The highest BCUT2D eigenvalue weighted by molar-refractivity contribution is 6.41. The largest absolute Gasteiger partial charge is 0.393 e. The van der Waals surface area contributed by atoms with Gasteiger partial charge in [0.2, 0.25) is 0 Å². The van der Waals surface area contributed by atoms with E-state index in [1.165, 1.54) is 44.9 Å². The van der Waals surface area contributed by atoms with Crippen molar-refractivity contribution in [1.82, 2.24) is 0 Å². The zero-order valence-corrected chi connectivity index (χ0v) is 19.7. The van der Waals surface area contributed by atoms with Gasteiger partial charge in [-0.15, -0.1) is 0 Å². The molecule has 0 aromatic heterocycles. The van der Waals surface area contributed by atoms with Crippen LogP contribution >= 0.6 is 0 Å². The van der Waals surface area contributed by atoms with Crippen molar-refractivity contribution in [3.8, 4) is 0 Å². The number of carbonyl (C=O) groups excluding carboxylic acids is 1. The summed E-state index contributed by atoms with van der Waals surface area (Å²) >= 11 is 0. The van der Waals surface area contributed by atoms with E-state index >= 15 is 0 Å². The minimum absolute atomic E-state index is 0.0579. The molecule has 10 unspecified atom stereocenters. The fourth-order valence-corrected chi connectivity index (χ4v) is 9.45. The maximum Gasteiger partial charge on any atom is 0.179 e. The molecule has 0 aromatic rings. The molecule has 0 bridgehead atoms. The summed E-state index contributed by atoms with van der Waals surface area (Å²) < 4.78 is 0. The average Bonchev–Trinajstić information content (AvgIpc) is 3.30. The molecule has 30 heavy (non-hydrogen) atoms. The SMILES string of the molecule is CC1CN=C(C(=O)C(C)C2CCC3C4CCC5CC(O)CCC5(C)C4CCC23C)C1. The van der Waals surface area contributed by atoms with Gasteiger partial charge in [0.25, 0.3) is 0 Å². The molecule has 0 amide bonds. The molecule has 3 heteroatoms. The van der Waals surface area contributed by atoms with Crippen LogP contribution in [0.15, 0.2) is 4.99 Å². The fraction of sp³-hybridized carbons (Fsp3) is 0.926. The van der Waals surface area contributed by atoms with Gasteiger partial charge in [-0.2, -0.15) is 0 Å². The van der Waals surface area contributed by atoms with E-state index in [2.05, 4.69) is 32.7 Å². The van der Waals surface area contributed by atoms with Gasteiger partial charge < -0.3 is 5.11 Å². The topological polar surface area (TPSA) is 49.7 Å². The Balaban J connectivity index is 1.35. The predicted octanol–water partition coefficient (Wildman–Crippen LogP) is 5.69. The van der Waals surface area contributed by atoms with Crippen LogP contribution in [0.25, 0.3) is 0 Å². The molecule has 3 nitrogen and oxygen atoms in total. The Kier molecular flexibility index (Phi) is 5.24. The number of aliphatic hydroxyl groups is 1. The molecular formula is C27H43NO2. The predicted molar refractivity (Wildman–Crippen MR) is 121 cm³/mol. The zero-order valence-electron chi connectivity index (χ0n) is 19.7. The first kappa shape index (κ1) is 21.2. The Bertz CT molecular complexity index is 730. The van der Waals surface area contributed by atoms with Crippen molar-refractivity contribution in [1.29, 1.82) is 0 Å². The van der Waals surface area contributed by atoms with Gasteiger partial charge in [-0.05, 0) is 111 Å². The van der Waals surface area contributed by atoms with Crippen molar-refractivity contribution in [3.05, 3.63) is 0 Å². The number of aliphatic imine (C=N–C) groups is 1. The third kappa shape index (κ3) is 3.08. The van der Waals surface area contributed by atoms with Gasteiger partial charge in [0.05, 0.1) is 11.8 Å². The minimum atomic E-state index is -0.0579. The molecule has 1 aliphatic heterocycles. The second-order valence-electron chi connectivity index (χ2n) is 12.6. The standard InChI is InChI=1S/C27H43NO2/c1-16-13-24(28-15-16)25(30)17(2)21-7-8-22-20-6-5-18-14-19(29)9-11-26(18,3)23(20)10-12-27(21,22)4/h16-23,29H,5-15H2,1-4H3. The van der Waals surface area contributed by atoms with Crippen molar-refractivity contribution < 1.29 is 9.90 Å². The Morgan fingerprint density at radius 2 is 1.77 bits per heavy atom. The molecule has 0 radical (unpaired) electrons. The molecule has 0 saturated heterocycles. The van der Waals surface area contributed by atoms with E-state index in [1.54, 1.807) is 0 Å². The van der Waals surface area contributed by atoms with Crippen LogP contribution in [0, 0.1) is 52.3 Å². The molecule has 4 aliphatic carbocycles. The maximum atomic E-state index is 13.3. The number of hydrogen-bond acceptors (Lipinski definition) is 3. The van der Waals surface area contributed by atoms with E-state index < -0.39 is 0 Å². The molecule has 5 aliphatic rings. The lowest BCUT2D eigenvalue weighted by Gasteiger charge is -2.61. The van der Waals surface area contributed by atoms with Gasteiger partial charge in [0.15, 0.2) is 5.78 Å². The van der Waals surface area contributed by atoms with Crippen LogP contribution in [0.3, 0.4) is 0 Å². The lowest BCUT2D eigenvalue weighted by atomic mass is 9.44. The molecule has 0 aromatic carbocycles. The van der Waals surface area contributed by atoms with Gasteiger partial charge in [0.1, 0.15) is 0 Å². The van der Waals surface area contributed by atoms with E-state index in [1.807, 2.05) is 0 Å². The van der Waals surface area contributed by atoms with Crippen LogP contribution in [0.5, 0.6) is 0 Å². The first-order chi connectivity index (χ1) is 14.2. The van der Waals surface area contributed by atoms with Crippen LogP contribution in [0.1, 0.15) is 91.9 Å². The van der Waals surface area contributed by atoms with Gasteiger partial charge in [-0.3, -0.25) is 9.79 Å². The first-order valence-electron chi connectivity index (χ1n) is 13.0. The van der Waals surface area contributed by atoms with Gasteiger partial charge in [0, 0.05) is 12.5 Å². The zero-order chi connectivity index (χ0) is 21.3. The van der Waals surface area contributed by atoms with E-state index in [4.69, 9.17) is 0 Å². The summed E-state index contributed by atoms with van der Waals surface area (Å²) in [5.74, 6) is 4.79. The highest BCUT2D eigenvalue weighted by atomic mass is 16.3. The Morgan fingerprint density at radius 1 is 1.03 bits per heavy atom. The molecule has 1 heterocycles. The normalized spacial score (nSPS) is 51.5. The fourth-order valence-electron chi connectivity index (χ4n) is 9.45. The van der Waals surface area contributed by atoms with Crippen molar-refractivity contribution in [2.24, 2.45) is 57.2 Å². The molecule has 4 saturated carbocycles. The molecular weight excluding hydrogens is 370 g/mol. The van der Waals surface area contributed by atoms with E-state index in [-0.39, 0.29) is 12.0 Å². The summed E-state index contributed by atoms with van der Waals surface area (Å²) in [5, 5.41) is 10.3. The van der Waals surface area contributed by atoms with Crippen molar-refractivity contribution >= 4 is 11.5 Å². The highest BCUT2D eigenvalue weighted by Gasteiger charge is 2.61. The monoisotopic (exact) mass is 413 g/mol. The summed E-state index contributed by atoms with van der Waals surface area (Å²) in [7, 11) is 0. The molecule has 1 N–H and O–H groups in total. The van der Waals surface area contributed by atoms with Gasteiger partial charge in [-0.25, -0.2) is 0 Å².